The minimum Gasteiger partial charge on any atom is -0.226 e. The average molecular weight is 242 g/mol. The van der Waals surface area contributed by atoms with Crippen LogP contribution in [0, 0.1) is 11.3 Å². The van der Waals surface area contributed by atoms with Gasteiger partial charge in [0.2, 0.25) is 0 Å². The maximum Gasteiger partial charge on any atom is 0.194 e. The van der Waals surface area contributed by atoms with Crippen LogP contribution in [0.5, 0.6) is 0 Å². The number of thiazole rings is 1. The molecule has 17 heavy (non-hydrogen) atoms. The summed E-state index contributed by atoms with van der Waals surface area (Å²) in [4.78, 5) is 4.25. The summed E-state index contributed by atoms with van der Waals surface area (Å²) in [5.74, 6) is 0.592. The third-order valence-electron chi connectivity index (χ3n) is 2.99. The van der Waals surface area contributed by atoms with Crippen molar-refractivity contribution in [1.82, 2.24) is 4.98 Å². The van der Waals surface area contributed by atoms with Crippen LogP contribution >= 0.6 is 11.3 Å². The van der Waals surface area contributed by atoms with E-state index in [-0.39, 0.29) is 0 Å². The van der Waals surface area contributed by atoms with Crippen molar-refractivity contribution in [3.63, 3.8) is 0 Å². The van der Waals surface area contributed by atoms with Gasteiger partial charge in [0.05, 0.1) is 5.69 Å². The molecule has 0 spiro atoms. The maximum absolute atomic E-state index is 8.74. The third-order valence-corrected chi connectivity index (χ3v) is 3.73. The zero-order valence-corrected chi connectivity index (χ0v) is 10.8. The Labute approximate surface area is 106 Å². The van der Waals surface area contributed by atoms with Gasteiger partial charge in [0.25, 0.3) is 0 Å². The third kappa shape index (κ3) is 2.54. The highest BCUT2D eigenvalue weighted by Gasteiger charge is 2.06. The first-order valence-electron chi connectivity index (χ1n) is 5.70. The maximum atomic E-state index is 8.74. The summed E-state index contributed by atoms with van der Waals surface area (Å²) in [6.45, 7) is 4.42. The molecule has 0 saturated carbocycles. The topological polar surface area (TPSA) is 36.7 Å². The number of nitriles is 1. The van der Waals surface area contributed by atoms with Crippen molar-refractivity contribution in [1.29, 1.82) is 5.26 Å². The fraction of sp³-hybridized carbons (Fsp3) is 0.286. The Bertz CT molecular complexity index is 534. The Hall–Kier alpha value is -1.66. The van der Waals surface area contributed by atoms with Crippen LogP contribution in [-0.4, -0.2) is 4.98 Å². The van der Waals surface area contributed by atoms with Crippen molar-refractivity contribution >= 4 is 11.3 Å². The molecule has 0 saturated heterocycles. The lowest BCUT2D eigenvalue weighted by molar-refractivity contribution is 0.734. The van der Waals surface area contributed by atoms with Gasteiger partial charge < -0.3 is 0 Å². The van der Waals surface area contributed by atoms with E-state index in [2.05, 4.69) is 49.2 Å². The van der Waals surface area contributed by atoms with Gasteiger partial charge in [0, 0.05) is 10.9 Å². The van der Waals surface area contributed by atoms with Crippen LogP contribution in [0.15, 0.2) is 29.6 Å². The summed E-state index contributed by atoms with van der Waals surface area (Å²) in [6, 6.07) is 10.5. The van der Waals surface area contributed by atoms with Crippen molar-refractivity contribution in [2.45, 2.75) is 26.2 Å². The first kappa shape index (κ1) is 11.8. The fourth-order valence-electron chi connectivity index (χ4n) is 1.68. The second-order valence-electron chi connectivity index (χ2n) is 4.08. The lowest BCUT2D eigenvalue weighted by atomic mass is 9.97. The highest BCUT2D eigenvalue weighted by atomic mass is 32.1. The van der Waals surface area contributed by atoms with Crippen molar-refractivity contribution in [2.24, 2.45) is 0 Å². The standard InChI is InChI=1S/C14H14N2S/c1-3-10(2)11-4-6-12(7-5-11)13-9-17-14(8-15)16-13/h4-7,9-10H,3H2,1-2H3. The van der Waals surface area contributed by atoms with Gasteiger partial charge in [0.1, 0.15) is 6.07 Å². The Kier molecular flexibility index (Phi) is 3.55. The normalized spacial score (nSPS) is 12.1. The van der Waals surface area contributed by atoms with E-state index in [0.717, 1.165) is 17.7 Å². The van der Waals surface area contributed by atoms with Crippen LogP contribution in [0.3, 0.4) is 0 Å². The first-order valence-corrected chi connectivity index (χ1v) is 6.58. The van der Waals surface area contributed by atoms with Crippen LogP contribution in [0.4, 0.5) is 0 Å². The number of aromatic nitrogens is 1. The number of nitrogens with zero attached hydrogens (tertiary/aromatic N) is 2. The van der Waals surface area contributed by atoms with E-state index in [1.165, 1.54) is 16.9 Å². The molecule has 0 N–H and O–H groups in total. The van der Waals surface area contributed by atoms with E-state index in [1.807, 2.05) is 5.38 Å². The van der Waals surface area contributed by atoms with Crippen LogP contribution in [0.25, 0.3) is 11.3 Å². The van der Waals surface area contributed by atoms with E-state index in [0.29, 0.717) is 10.9 Å². The van der Waals surface area contributed by atoms with Crippen LogP contribution in [-0.2, 0) is 0 Å². The van der Waals surface area contributed by atoms with Gasteiger partial charge in [0.15, 0.2) is 5.01 Å². The van der Waals surface area contributed by atoms with Gasteiger partial charge in [-0.2, -0.15) is 5.26 Å². The van der Waals surface area contributed by atoms with Crippen LogP contribution in [0.2, 0.25) is 0 Å². The van der Waals surface area contributed by atoms with Crippen LogP contribution in [0.1, 0.15) is 36.8 Å². The Balaban J connectivity index is 2.26. The minimum absolute atomic E-state index is 0.519. The monoisotopic (exact) mass is 242 g/mol. The predicted octanol–water partition coefficient (Wildman–Crippen LogP) is 4.20. The smallest absolute Gasteiger partial charge is 0.194 e. The zero-order chi connectivity index (χ0) is 12.3. The molecule has 1 aromatic carbocycles. The number of benzene rings is 1. The molecule has 1 atom stereocenters. The first-order chi connectivity index (χ1) is 8.24. The molecule has 0 aliphatic heterocycles. The largest absolute Gasteiger partial charge is 0.226 e. The number of hydrogen-bond donors (Lipinski definition) is 0. The van der Waals surface area contributed by atoms with Gasteiger partial charge in [-0.1, -0.05) is 38.1 Å². The number of rotatable bonds is 3. The molecular formula is C14H14N2S. The Morgan fingerprint density at radius 3 is 2.59 bits per heavy atom. The molecule has 0 aliphatic rings. The summed E-state index contributed by atoms with van der Waals surface area (Å²) >= 11 is 1.39. The van der Waals surface area contributed by atoms with Gasteiger partial charge in [-0.3, -0.25) is 0 Å². The minimum atomic E-state index is 0.519. The highest BCUT2D eigenvalue weighted by Crippen LogP contribution is 2.25. The van der Waals surface area contributed by atoms with E-state index in [4.69, 9.17) is 5.26 Å². The summed E-state index contributed by atoms with van der Waals surface area (Å²) in [5.41, 5.74) is 3.32. The Morgan fingerprint density at radius 2 is 2.06 bits per heavy atom. The molecule has 1 unspecified atom stereocenters. The molecule has 0 fully saturated rings. The van der Waals surface area contributed by atoms with Gasteiger partial charge >= 0.3 is 0 Å². The molecular weight excluding hydrogens is 228 g/mol. The molecule has 0 aliphatic carbocycles. The van der Waals surface area contributed by atoms with Gasteiger partial charge in [-0.15, -0.1) is 11.3 Å². The molecule has 0 bridgehead atoms. The molecule has 3 heteroatoms. The molecule has 0 amide bonds. The summed E-state index contributed by atoms with van der Waals surface area (Å²) in [6.07, 6.45) is 1.15. The number of hydrogen-bond acceptors (Lipinski definition) is 3. The predicted molar refractivity (Wildman–Crippen MR) is 71.0 cm³/mol. The second-order valence-corrected chi connectivity index (χ2v) is 4.94. The average Bonchev–Trinajstić information content (AvgIpc) is 2.87. The fourth-order valence-corrected chi connectivity index (χ4v) is 2.29. The van der Waals surface area contributed by atoms with Crippen molar-refractivity contribution in [3.05, 3.63) is 40.2 Å². The lowest BCUT2D eigenvalue weighted by Crippen LogP contribution is -1.90. The van der Waals surface area contributed by atoms with Crippen molar-refractivity contribution in [2.75, 3.05) is 0 Å². The summed E-state index contributed by atoms with van der Waals surface area (Å²) in [5, 5.41) is 11.2. The zero-order valence-electron chi connectivity index (χ0n) is 9.97. The van der Waals surface area contributed by atoms with Crippen molar-refractivity contribution in [3.8, 4) is 17.3 Å². The van der Waals surface area contributed by atoms with E-state index in [1.54, 1.807) is 0 Å². The molecule has 2 aromatic rings. The van der Waals surface area contributed by atoms with E-state index in [9.17, 15) is 0 Å². The summed E-state index contributed by atoms with van der Waals surface area (Å²) in [7, 11) is 0. The van der Waals surface area contributed by atoms with Crippen molar-refractivity contribution < 1.29 is 0 Å². The quantitative estimate of drug-likeness (QED) is 0.809. The lowest BCUT2D eigenvalue weighted by Gasteiger charge is -2.08. The highest BCUT2D eigenvalue weighted by molar-refractivity contribution is 7.10. The molecule has 2 nitrogen and oxygen atoms in total. The van der Waals surface area contributed by atoms with Gasteiger partial charge in [-0.05, 0) is 17.9 Å². The molecule has 1 aromatic heterocycles. The SMILES string of the molecule is CCC(C)c1ccc(-c2csc(C#N)n2)cc1. The summed E-state index contributed by atoms with van der Waals surface area (Å²) < 4.78 is 0. The van der Waals surface area contributed by atoms with Gasteiger partial charge in [-0.25, -0.2) is 4.98 Å². The molecule has 0 radical (unpaired) electrons. The molecule has 2 rings (SSSR count). The second kappa shape index (κ2) is 5.11. The Morgan fingerprint density at radius 1 is 1.35 bits per heavy atom. The molecule has 1 heterocycles. The molecule has 86 valence electrons. The van der Waals surface area contributed by atoms with E-state index >= 15 is 0 Å². The van der Waals surface area contributed by atoms with E-state index < -0.39 is 0 Å². The van der Waals surface area contributed by atoms with Crippen LogP contribution < -0.4 is 0 Å².